The number of carbonyl (C=O) groups is 3. The van der Waals surface area contributed by atoms with Crippen LogP contribution >= 0.6 is 11.3 Å². The highest BCUT2D eigenvalue weighted by atomic mass is 32.2. The first kappa shape index (κ1) is 20.3. The van der Waals surface area contributed by atoms with Gasteiger partial charge in [0.05, 0.1) is 31.0 Å². The Bertz CT molecular complexity index is 1000. The standard InChI is InChI=1S/C14H14N4O7S2/c1-7(19)15-13-16-17-14(26-13)27(22,23)18-10-6-8(11(20)24-2)4-5-9(10)12(21)25-3/h4-6,18H,1-3H3,(H,15,16,19). The van der Waals surface area contributed by atoms with E-state index in [0.717, 1.165) is 20.3 Å². The number of methoxy groups -OCH3 is 2. The number of anilines is 2. The SMILES string of the molecule is COC(=O)c1ccc(C(=O)OC)c(NS(=O)(=O)c2nnc(NC(C)=O)s2)c1. The number of benzene rings is 1. The van der Waals surface area contributed by atoms with Crippen molar-refractivity contribution in [2.45, 2.75) is 11.3 Å². The van der Waals surface area contributed by atoms with Gasteiger partial charge in [0.25, 0.3) is 14.4 Å². The number of sulfonamides is 1. The molecule has 0 aliphatic carbocycles. The molecular weight excluding hydrogens is 400 g/mol. The Morgan fingerprint density at radius 1 is 1.07 bits per heavy atom. The van der Waals surface area contributed by atoms with Crippen LogP contribution in [0.15, 0.2) is 22.5 Å². The van der Waals surface area contributed by atoms with Gasteiger partial charge in [-0.1, -0.05) is 11.3 Å². The molecule has 0 aliphatic heterocycles. The third-order valence-electron chi connectivity index (χ3n) is 3.01. The lowest BCUT2D eigenvalue weighted by Gasteiger charge is -2.11. The average molecular weight is 414 g/mol. The smallest absolute Gasteiger partial charge is 0.339 e. The maximum Gasteiger partial charge on any atom is 0.339 e. The Morgan fingerprint density at radius 2 is 1.74 bits per heavy atom. The van der Waals surface area contributed by atoms with E-state index in [1.54, 1.807) is 0 Å². The van der Waals surface area contributed by atoms with Crippen LogP contribution in [0, 0.1) is 0 Å². The van der Waals surface area contributed by atoms with Crippen molar-refractivity contribution in [3.63, 3.8) is 0 Å². The van der Waals surface area contributed by atoms with Crippen LogP contribution in [0.2, 0.25) is 0 Å². The van der Waals surface area contributed by atoms with Gasteiger partial charge in [-0.05, 0) is 18.2 Å². The molecule has 1 aromatic heterocycles. The first-order valence-corrected chi connectivity index (χ1v) is 9.42. The molecule has 13 heteroatoms. The molecule has 11 nitrogen and oxygen atoms in total. The van der Waals surface area contributed by atoms with Gasteiger partial charge in [-0.3, -0.25) is 9.52 Å². The number of esters is 2. The number of hydrogen-bond acceptors (Lipinski definition) is 10. The molecule has 2 aromatic rings. The first-order valence-electron chi connectivity index (χ1n) is 7.12. The van der Waals surface area contributed by atoms with E-state index in [1.807, 2.05) is 0 Å². The molecule has 2 N–H and O–H groups in total. The summed E-state index contributed by atoms with van der Waals surface area (Å²) in [6, 6.07) is 3.64. The number of carbonyl (C=O) groups excluding carboxylic acids is 3. The summed E-state index contributed by atoms with van der Waals surface area (Å²) < 4.78 is 36.0. The fraction of sp³-hybridized carbons (Fsp3) is 0.214. The minimum atomic E-state index is -4.26. The molecule has 1 aromatic carbocycles. The largest absolute Gasteiger partial charge is 0.465 e. The van der Waals surface area contributed by atoms with Crippen molar-refractivity contribution in [1.82, 2.24) is 10.2 Å². The van der Waals surface area contributed by atoms with E-state index in [0.29, 0.717) is 11.3 Å². The molecular formula is C14H14N4O7S2. The van der Waals surface area contributed by atoms with Gasteiger partial charge in [0, 0.05) is 6.92 Å². The second-order valence-corrected chi connectivity index (χ2v) is 7.74. The molecule has 144 valence electrons. The second kappa shape index (κ2) is 8.09. The summed E-state index contributed by atoms with van der Waals surface area (Å²) in [5, 5.41) is 9.35. The Balaban J connectivity index is 2.43. The topological polar surface area (TPSA) is 154 Å². The third-order valence-corrected chi connectivity index (χ3v) is 5.58. The molecule has 27 heavy (non-hydrogen) atoms. The quantitative estimate of drug-likeness (QED) is 0.517. The van der Waals surface area contributed by atoms with Crippen molar-refractivity contribution < 1.29 is 32.3 Å². The van der Waals surface area contributed by atoms with Crippen molar-refractivity contribution in [2.24, 2.45) is 0 Å². The number of amides is 1. The highest BCUT2D eigenvalue weighted by molar-refractivity contribution is 7.94. The molecule has 1 amide bonds. The van der Waals surface area contributed by atoms with Crippen molar-refractivity contribution in [2.75, 3.05) is 24.3 Å². The van der Waals surface area contributed by atoms with Crippen molar-refractivity contribution in [3.05, 3.63) is 29.3 Å². The fourth-order valence-electron chi connectivity index (χ4n) is 1.87. The Labute approximate surface area is 157 Å². The molecule has 0 bridgehead atoms. The minimum Gasteiger partial charge on any atom is -0.465 e. The molecule has 0 atom stereocenters. The summed E-state index contributed by atoms with van der Waals surface area (Å²) in [6.07, 6.45) is 0. The first-order chi connectivity index (χ1) is 12.7. The van der Waals surface area contributed by atoms with Gasteiger partial charge in [0.1, 0.15) is 0 Å². The van der Waals surface area contributed by atoms with Gasteiger partial charge in [0.2, 0.25) is 11.0 Å². The lowest BCUT2D eigenvalue weighted by Crippen LogP contribution is -2.17. The van der Waals surface area contributed by atoms with Crippen molar-refractivity contribution in [1.29, 1.82) is 0 Å². The van der Waals surface area contributed by atoms with Gasteiger partial charge < -0.3 is 14.8 Å². The highest BCUT2D eigenvalue weighted by Gasteiger charge is 2.24. The van der Waals surface area contributed by atoms with Gasteiger partial charge in [-0.2, -0.15) is 8.42 Å². The van der Waals surface area contributed by atoms with E-state index < -0.39 is 32.2 Å². The predicted octanol–water partition coefficient (Wildman–Crippen LogP) is 0.870. The normalized spacial score (nSPS) is 10.8. The maximum absolute atomic E-state index is 12.5. The van der Waals surface area contributed by atoms with E-state index in [2.05, 4.69) is 29.7 Å². The molecule has 0 aliphatic rings. The zero-order valence-electron chi connectivity index (χ0n) is 14.3. The van der Waals surface area contributed by atoms with Crippen LogP contribution in [0.1, 0.15) is 27.6 Å². The number of aromatic nitrogens is 2. The van der Waals surface area contributed by atoms with Crippen LogP contribution < -0.4 is 10.0 Å². The second-order valence-electron chi connectivity index (χ2n) is 4.90. The Hall–Kier alpha value is -3.06. The Morgan fingerprint density at radius 3 is 2.33 bits per heavy atom. The van der Waals surface area contributed by atoms with E-state index in [9.17, 15) is 22.8 Å². The molecule has 0 spiro atoms. The van der Waals surface area contributed by atoms with E-state index in [4.69, 9.17) is 0 Å². The molecule has 2 rings (SSSR count). The number of nitrogens with one attached hydrogen (secondary N) is 2. The van der Waals surface area contributed by atoms with E-state index in [-0.39, 0.29) is 21.9 Å². The molecule has 0 radical (unpaired) electrons. The number of ether oxygens (including phenoxy) is 2. The van der Waals surface area contributed by atoms with Crippen LogP contribution in [0.3, 0.4) is 0 Å². The number of nitrogens with zero attached hydrogens (tertiary/aromatic N) is 2. The molecule has 0 unspecified atom stereocenters. The summed E-state index contributed by atoms with van der Waals surface area (Å²) in [5.41, 5.74) is -0.319. The molecule has 0 saturated carbocycles. The van der Waals surface area contributed by atoms with Crippen LogP contribution in [0.5, 0.6) is 0 Å². The molecule has 0 fully saturated rings. The van der Waals surface area contributed by atoms with Gasteiger partial charge in [0.15, 0.2) is 0 Å². The van der Waals surface area contributed by atoms with Crippen LogP contribution in [-0.4, -0.2) is 50.7 Å². The zero-order chi connectivity index (χ0) is 20.2. The van der Waals surface area contributed by atoms with E-state index >= 15 is 0 Å². The number of hydrogen-bond donors (Lipinski definition) is 2. The van der Waals surface area contributed by atoms with Crippen LogP contribution in [0.25, 0.3) is 0 Å². The van der Waals surface area contributed by atoms with Gasteiger partial charge in [-0.25, -0.2) is 9.59 Å². The summed E-state index contributed by atoms with van der Waals surface area (Å²) in [4.78, 5) is 34.6. The lowest BCUT2D eigenvalue weighted by molar-refractivity contribution is -0.114. The van der Waals surface area contributed by atoms with Crippen molar-refractivity contribution in [3.8, 4) is 0 Å². The molecule has 0 saturated heterocycles. The van der Waals surface area contributed by atoms with Gasteiger partial charge >= 0.3 is 11.9 Å². The van der Waals surface area contributed by atoms with Crippen molar-refractivity contribution >= 4 is 50.0 Å². The summed E-state index contributed by atoms with van der Waals surface area (Å²) in [6.45, 7) is 1.23. The van der Waals surface area contributed by atoms with E-state index in [1.165, 1.54) is 19.1 Å². The maximum atomic E-state index is 12.5. The fourth-order valence-corrected chi connectivity index (χ4v) is 3.89. The average Bonchev–Trinajstić information content (AvgIpc) is 3.08. The van der Waals surface area contributed by atoms with Crippen LogP contribution in [-0.2, 0) is 24.3 Å². The Kier molecular flexibility index (Phi) is 6.07. The summed E-state index contributed by atoms with van der Waals surface area (Å²) in [7, 11) is -1.98. The number of rotatable bonds is 6. The monoisotopic (exact) mass is 414 g/mol. The summed E-state index contributed by atoms with van der Waals surface area (Å²) >= 11 is 0.610. The van der Waals surface area contributed by atoms with Crippen LogP contribution in [0.4, 0.5) is 10.8 Å². The lowest BCUT2D eigenvalue weighted by atomic mass is 10.1. The highest BCUT2D eigenvalue weighted by Crippen LogP contribution is 2.26. The zero-order valence-corrected chi connectivity index (χ0v) is 15.9. The predicted molar refractivity (Wildman–Crippen MR) is 94.1 cm³/mol. The summed E-state index contributed by atoms with van der Waals surface area (Å²) in [5.74, 6) is -1.99. The van der Waals surface area contributed by atoms with Gasteiger partial charge in [-0.15, -0.1) is 10.2 Å². The third kappa shape index (κ3) is 4.77. The minimum absolute atomic E-state index is 0.0130. The molecule has 1 heterocycles.